The Morgan fingerprint density at radius 3 is 1.57 bits per heavy atom. The van der Waals surface area contributed by atoms with Gasteiger partial charge in [-0.2, -0.15) is 13.1 Å². The van der Waals surface area contributed by atoms with Crippen molar-refractivity contribution in [3.8, 4) is 17.2 Å². The topological polar surface area (TPSA) is 120 Å². The number of rotatable bonds is 10. The molecule has 0 heterocycles. The predicted octanol–water partition coefficient (Wildman–Crippen LogP) is 2.05. The fraction of sp³-hybridized carbons (Fsp3) is 0.440. The summed E-state index contributed by atoms with van der Waals surface area (Å²) in [5.41, 5.74) is 1.03. The molecule has 0 aliphatic heterocycles. The largest absolute Gasteiger partial charge is 1.00 e. The van der Waals surface area contributed by atoms with Crippen LogP contribution in [0.25, 0.3) is 5.32 Å². The Hall–Kier alpha value is -2.86. The quantitative estimate of drug-likeness (QED) is 0.492. The summed E-state index contributed by atoms with van der Waals surface area (Å²) in [5.74, 6) is -0.694. The standard InChI is InChI=1S/C12H17NO3.C9H10O4.C4H10N.Li/c1-4-13(5-2)11-9(12(14)15)7-6-8-10(11)16-3;1-12-7-5-3-4-6(9(10)11)8(7)13-2;1-3-5-4-2;/h6-8H,4-5H2,1-3H3,(H,14,15);3-5H,1-2H3,(H,10,11);3-4H2,1-2H3;/q;;-1;+1. The van der Waals surface area contributed by atoms with Gasteiger partial charge in [0.15, 0.2) is 11.5 Å². The molecule has 0 aliphatic carbocycles. The SMILES string of the molecule is CCN(CC)c1c(OC)cccc1C(=O)O.CC[N-]CC.COc1cccc(C(=O)O)c1OC.[Li+]. The third-order valence-electron chi connectivity index (χ3n) is 4.61. The average molecular weight is 485 g/mol. The van der Waals surface area contributed by atoms with Crippen LogP contribution in [0.1, 0.15) is 48.4 Å². The molecule has 2 rings (SSSR count). The Morgan fingerprint density at radius 2 is 1.23 bits per heavy atom. The number of aromatic carboxylic acids is 2. The summed E-state index contributed by atoms with van der Waals surface area (Å²) in [6, 6.07) is 9.77. The fourth-order valence-corrected chi connectivity index (χ4v) is 3.00. The molecule has 0 aromatic heterocycles. The summed E-state index contributed by atoms with van der Waals surface area (Å²) in [5, 5.41) is 21.9. The Balaban J connectivity index is 0. The first-order chi connectivity index (χ1) is 16.3. The smallest absolute Gasteiger partial charge is 0.663 e. The number of carboxylic acids is 2. The molecule has 0 aliphatic rings. The van der Waals surface area contributed by atoms with Crippen molar-refractivity contribution in [3.05, 3.63) is 52.8 Å². The van der Waals surface area contributed by atoms with Crippen LogP contribution in [0.5, 0.6) is 17.2 Å². The molecule has 0 bridgehead atoms. The minimum Gasteiger partial charge on any atom is -0.663 e. The fourth-order valence-electron chi connectivity index (χ4n) is 3.00. The monoisotopic (exact) mass is 484 g/mol. The third kappa shape index (κ3) is 10.9. The molecule has 190 valence electrons. The summed E-state index contributed by atoms with van der Waals surface area (Å²) < 4.78 is 15.1. The van der Waals surface area contributed by atoms with Crippen LogP contribution in [-0.4, -0.2) is 69.7 Å². The van der Waals surface area contributed by atoms with E-state index >= 15 is 0 Å². The van der Waals surface area contributed by atoms with E-state index in [1.54, 1.807) is 37.4 Å². The minimum absolute atomic E-state index is 0. The number of ether oxygens (including phenoxy) is 3. The van der Waals surface area contributed by atoms with Gasteiger partial charge < -0.3 is 34.6 Å². The number of methoxy groups -OCH3 is 3. The number of hydrogen-bond donors (Lipinski definition) is 2. The van der Waals surface area contributed by atoms with E-state index in [4.69, 9.17) is 24.4 Å². The number of hydrogen-bond acceptors (Lipinski definition) is 6. The molecular weight excluding hydrogens is 447 g/mol. The minimum atomic E-state index is -1.03. The average Bonchev–Trinajstić information content (AvgIpc) is 2.85. The molecule has 0 radical (unpaired) electrons. The van der Waals surface area contributed by atoms with Gasteiger partial charge in [0.25, 0.3) is 0 Å². The summed E-state index contributed by atoms with van der Waals surface area (Å²) in [6.45, 7) is 11.5. The Kier molecular flexibility index (Phi) is 19.1. The molecule has 0 spiro atoms. The van der Waals surface area contributed by atoms with Gasteiger partial charge in [-0.05, 0) is 38.1 Å². The van der Waals surface area contributed by atoms with Gasteiger partial charge >= 0.3 is 30.8 Å². The van der Waals surface area contributed by atoms with Crippen molar-refractivity contribution >= 4 is 17.6 Å². The van der Waals surface area contributed by atoms with Crippen molar-refractivity contribution in [2.45, 2.75) is 27.7 Å². The van der Waals surface area contributed by atoms with Crippen LogP contribution < -0.4 is 38.0 Å². The number of nitrogens with zero attached hydrogens (tertiary/aromatic N) is 2. The zero-order valence-corrected chi connectivity index (χ0v) is 22.1. The molecule has 2 N–H and O–H groups in total. The normalized spacial score (nSPS) is 9.23. The first kappa shape index (κ1) is 34.3. The van der Waals surface area contributed by atoms with Crippen molar-refractivity contribution in [2.24, 2.45) is 0 Å². The van der Waals surface area contributed by atoms with Gasteiger partial charge in [-0.1, -0.05) is 26.0 Å². The van der Waals surface area contributed by atoms with Gasteiger partial charge in [0.1, 0.15) is 11.3 Å². The molecule has 0 atom stereocenters. The second-order valence-corrected chi connectivity index (χ2v) is 6.54. The first-order valence-corrected chi connectivity index (χ1v) is 11.0. The maximum atomic E-state index is 11.1. The molecule has 9 nitrogen and oxygen atoms in total. The van der Waals surface area contributed by atoms with E-state index in [-0.39, 0.29) is 35.7 Å². The summed E-state index contributed by atoms with van der Waals surface area (Å²) >= 11 is 0. The Bertz CT molecular complexity index is 888. The summed E-state index contributed by atoms with van der Waals surface area (Å²) in [4.78, 5) is 23.8. The summed E-state index contributed by atoms with van der Waals surface area (Å²) in [6.07, 6.45) is 0. The van der Waals surface area contributed by atoms with Gasteiger partial charge in [-0.25, -0.2) is 9.59 Å². The van der Waals surface area contributed by atoms with Crippen molar-refractivity contribution in [2.75, 3.05) is 52.4 Å². The van der Waals surface area contributed by atoms with Crippen LogP contribution >= 0.6 is 0 Å². The molecule has 2 aromatic carbocycles. The number of anilines is 1. The first-order valence-electron chi connectivity index (χ1n) is 11.0. The van der Waals surface area contributed by atoms with Crippen molar-refractivity contribution < 1.29 is 52.9 Å². The van der Waals surface area contributed by atoms with Crippen LogP contribution in [0, 0.1) is 0 Å². The van der Waals surface area contributed by atoms with E-state index in [1.807, 2.05) is 32.6 Å². The molecular formula is C25H37LiN2O7. The van der Waals surface area contributed by atoms with Gasteiger partial charge in [0, 0.05) is 13.1 Å². The number of benzene rings is 2. The molecule has 0 saturated carbocycles. The van der Waals surface area contributed by atoms with E-state index in [0.717, 1.165) is 26.2 Å². The Labute approximate surface area is 220 Å². The molecule has 0 fully saturated rings. The van der Waals surface area contributed by atoms with Crippen LogP contribution in [0.15, 0.2) is 36.4 Å². The molecule has 0 unspecified atom stereocenters. The zero-order chi connectivity index (χ0) is 26.1. The Morgan fingerprint density at radius 1 is 0.771 bits per heavy atom. The van der Waals surface area contributed by atoms with E-state index < -0.39 is 11.9 Å². The maximum Gasteiger partial charge on any atom is 1.00 e. The zero-order valence-electron chi connectivity index (χ0n) is 22.1. The van der Waals surface area contributed by atoms with Gasteiger partial charge in [-0.15, -0.1) is 0 Å². The number of carbonyl (C=O) groups is 2. The van der Waals surface area contributed by atoms with Gasteiger partial charge in [0.05, 0.1) is 32.6 Å². The second-order valence-electron chi connectivity index (χ2n) is 6.54. The summed E-state index contributed by atoms with van der Waals surface area (Å²) in [7, 11) is 4.42. The number of carboxylic acid groups (broad SMARTS) is 2. The molecule has 0 amide bonds. The van der Waals surface area contributed by atoms with Crippen molar-refractivity contribution in [1.82, 2.24) is 0 Å². The van der Waals surface area contributed by atoms with Crippen molar-refractivity contribution in [3.63, 3.8) is 0 Å². The maximum absolute atomic E-state index is 11.1. The van der Waals surface area contributed by atoms with E-state index in [1.165, 1.54) is 20.3 Å². The van der Waals surface area contributed by atoms with Crippen molar-refractivity contribution in [1.29, 1.82) is 0 Å². The van der Waals surface area contributed by atoms with Crippen LogP contribution in [0.2, 0.25) is 0 Å². The van der Waals surface area contributed by atoms with Gasteiger partial charge in [0.2, 0.25) is 0 Å². The van der Waals surface area contributed by atoms with Gasteiger partial charge in [-0.3, -0.25) is 0 Å². The van der Waals surface area contributed by atoms with Crippen LogP contribution in [0.4, 0.5) is 5.69 Å². The molecule has 0 saturated heterocycles. The second kappa shape index (κ2) is 19.4. The molecule has 10 heteroatoms. The molecule has 35 heavy (non-hydrogen) atoms. The van der Waals surface area contributed by atoms with Crippen LogP contribution in [0.3, 0.4) is 0 Å². The third-order valence-corrected chi connectivity index (χ3v) is 4.61. The predicted molar refractivity (Wildman–Crippen MR) is 134 cm³/mol. The van der Waals surface area contributed by atoms with Crippen LogP contribution in [-0.2, 0) is 0 Å². The van der Waals surface area contributed by atoms with E-state index in [0.29, 0.717) is 17.2 Å². The number of para-hydroxylation sites is 2. The van der Waals surface area contributed by atoms with E-state index in [2.05, 4.69) is 5.32 Å². The molecule has 2 aromatic rings. The van der Waals surface area contributed by atoms with E-state index in [9.17, 15) is 9.59 Å².